The van der Waals surface area contributed by atoms with Gasteiger partial charge in [0, 0.05) is 75.1 Å². The quantitative estimate of drug-likeness (QED) is 0.201. The molecule has 7 rings (SSSR count). The summed E-state index contributed by atoms with van der Waals surface area (Å²) in [5.41, 5.74) is 1.42. The Morgan fingerprint density at radius 3 is 2.77 bits per heavy atom. The number of alkyl halides is 1. The zero-order valence-corrected chi connectivity index (χ0v) is 30.1. The van der Waals surface area contributed by atoms with Crippen LogP contribution in [0.2, 0.25) is 0 Å². The summed E-state index contributed by atoms with van der Waals surface area (Å²) in [7, 11) is 1.83. The van der Waals surface area contributed by atoms with Gasteiger partial charge in [0.1, 0.15) is 30.2 Å². The minimum atomic E-state index is -0.959. The first kappa shape index (κ1) is 35.9. The van der Waals surface area contributed by atoms with Gasteiger partial charge < -0.3 is 29.7 Å². The smallest absolute Gasteiger partial charge is 0.318 e. The van der Waals surface area contributed by atoms with Gasteiger partial charge in [0.05, 0.1) is 28.9 Å². The summed E-state index contributed by atoms with van der Waals surface area (Å²) in [5.74, 6) is 2.55. The van der Waals surface area contributed by atoms with E-state index in [4.69, 9.17) is 25.9 Å². The van der Waals surface area contributed by atoms with E-state index in [0.29, 0.717) is 80.2 Å². The first-order chi connectivity index (χ1) is 25.0. The van der Waals surface area contributed by atoms with Gasteiger partial charge in [-0.15, -0.1) is 6.42 Å². The molecule has 1 saturated carbocycles. The Bertz CT molecular complexity index is 1890. The Balaban J connectivity index is 1.23. The van der Waals surface area contributed by atoms with Crippen LogP contribution < -0.4 is 15.0 Å². The van der Waals surface area contributed by atoms with E-state index in [1.165, 1.54) is 12.1 Å². The second kappa shape index (κ2) is 14.5. The predicted octanol–water partition coefficient (Wildman–Crippen LogP) is 5.75. The van der Waals surface area contributed by atoms with Crippen LogP contribution in [0.5, 0.6) is 11.8 Å². The molecule has 4 aliphatic rings. The van der Waals surface area contributed by atoms with Gasteiger partial charge in [-0.3, -0.25) is 9.69 Å². The van der Waals surface area contributed by atoms with E-state index in [1.54, 1.807) is 23.1 Å². The number of carbonyl (C=O) groups excluding carboxylic acids is 1. The number of likely N-dealkylation sites (tertiary alicyclic amines) is 1. The highest BCUT2D eigenvalue weighted by molar-refractivity contribution is 6.00. The van der Waals surface area contributed by atoms with Crippen LogP contribution in [0.25, 0.3) is 10.8 Å². The number of nitrogens with one attached hydrogen (secondary N) is 1. The molecule has 3 fully saturated rings. The number of phenols is 1. The van der Waals surface area contributed by atoms with Gasteiger partial charge >= 0.3 is 6.01 Å². The van der Waals surface area contributed by atoms with Crippen molar-refractivity contribution in [3.05, 3.63) is 59.6 Å². The lowest BCUT2D eigenvalue weighted by Gasteiger charge is -2.41. The number of aromatic nitrogens is 2. The molecule has 0 spiro atoms. The topological polar surface area (TPSA) is 103 Å². The van der Waals surface area contributed by atoms with Gasteiger partial charge in [-0.25, -0.2) is 8.78 Å². The molecule has 1 amide bonds. The maximum absolute atomic E-state index is 15.0. The number of hydrogen-bond acceptors (Lipinski definition) is 9. The monoisotopic (exact) mass is 714 g/mol. The Kier molecular flexibility index (Phi) is 10.0. The summed E-state index contributed by atoms with van der Waals surface area (Å²) >= 11 is 0. The van der Waals surface area contributed by atoms with E-state index in [1.807, 2.05) is 18.9 Å². The number of benzene rings is 2. The SMILES string of the molecule is C#Cc1c(F)ccc2cc(O)cc(N3CCc4c(nc(OC[C@]5(C)C[C@@H](F)CN5C5CCOCC5)nc4NCC4(N(C)C(=O)C=C)CCCC4)C3)c12. The van der Waals surface area contributed by atoms with Crippen molar-refractivity contribution >= 4 is 28.2 Å². The fraction of sp³-hybridized carbons (Fsp3) is 0.525. The van der Waals surface area contributed by atoms with E-state index in [2.05, 4.69) is 22.7 Å². The molecule has 1 aromatic heterocycles. The first-order valence-electron chi connectivity index (χ1n) is 18.4. The van der Waals surface area contributed by atoms with E-state index < -0.39 is 23.1 Å². The van der Waals surface area contributed by atoms with Gasteiger partial charge in [-0.05, 0) is 62.6 Å². The number of terminal acetylenes is 1. The van der Waals surface area contributed by atoms with Crippen LogP contribution in [0.3, 0.4) is 0 Å². The molecule has 1 aliphatic carbocycles. The molecule has 3 aliphatic heterocycles. The van der Waals surface area contributed by atoms with Crippen LogP contribution >= 0.6 is 0 Å². The molecule has 2 N–H and O–H groups in total. The minimum Gasteiger partial charge on any atom is -0.508 e. The van der Waals surface area contributed by atoms with Crippen molar-refractivity contribution in [2.75, 3.05) is 56.7 Å². The van der Waals surface area contributed by atoms with Crippen LogP contribution in [0.15, 0.2) is 36.9 Å². The van der Waals surface area contributed by atoms with Gasteiger partial charge in [0.15, 0.2) is 0 Å². The molecule has 12 heteroatoms. The minimum absolute atomic E-state index is 0.0436. The lowest BCUT2D eigenvalue weighted by Crippen LogP contribution is -2.52. The summed E-state index contributed by atoms with van der Waals surface area (Å²) < 4.78 is 42.0. The third-order valence-electron chi connectivity index (χ3n) is 11.8. The number of ether oxygens (including phenoxy) is 2. The molecule has 276 valence electrons. The zero-order valence-electron chi connectivity index (χ0n) is 30.1. The highest BCUT2D eigenvalue weighted by atomic mass is 19.1. The lowest BCUT2D eigenvalue weighted by atomic mass is 9.94. The molecule has 2 aromatic carbocycles. The Labute approximate surface area is 304 Å². The fourth-order valence-corrected chi connectivity index (χ4v) is 8.94. The van der Waals surface area contributed by atoms with Crippen LogP contribution in [0.4, 0.5) is 20.3 Å². The second-order valence-corrected chi connectivity index (χ2v) is 15.1. The Hall–Kier alpha value is -4.47. The van der Waals surface area contributed by atoms with Gasteiger partial charge in [0.2, 0.25) is 5.91 Å². The highest BCUT2D eigenvalue weighted by Crippen LogP contribution is 2.40. The van der Waals surface area contributed by atoms with Crippen molar-refractivity contribution in [1.29, 1.82) is 0 Å². The largest absolute Gasteiger partial charge is 0.508 e. The van der Waals surface area contributed by atoms with Crippen molar-refractivity contribution in [2.45, 2.75) is 88.1 Å². The maximum atomic E-state index is 15.0. The Morgan fingerprint density at radius 1 is 1.27 bits per heavy atom. The summed E-state index contributed by atoms with van der Waals surface area (Å²) in [5, 5.41) is 15.5. The number of aromatic hydroxyl groups is 1. The van der Waals surface area contributed by atoms with Crippen LogP contribution in [-0.4, -0.2) is 101 Å². The summed E-state index contributed by atoms with van der Waals surface area (Å²) in [6.07, 6.45) is 12.5. The van der Waals surface area contributed by atoms with E-state index in [-0.39, 0.29) is 35.9 Å². The molecule has 2 atom stereocenters. The summed E-state index contributed by atoms with van der Waals surface area (Å²) in [6.45, 7) is 8.97. The van der Waals surface area contributed by atoms with E-state index >= 15 is 4.39 Å². The fourth-order valence-electron chi connectivity index (χ4n) is 8.94. The van der Waals surface area contributed by atoms with E-state index in [9.17, 15) is 14.3 Å². The van der Waals surface area contributed by atoms with Gasteiger partial charge in [0.25, 0.3) is 0 Å². The van der Waals surface area contributed by atoms with E-state index in [0.717, 1.165) is 44.1 Å². The number of rotatable bonds is 10. The summed E-state index contributed by atoms with van der Waals surface area (Å²) in [4.78, 5) is 28.7. The number of amides is 1. The van der Waals surface area contributed by atoms with Crippen molar-refractivity contribution < 1.29 is 28.2 Å². The van der Waals surface area contributed by atoms with Crippen molar-refractivity contribution in [3.8, 4) is 24.1 Å². The van der Waals surface area contributed by atoms with Gasteiger partial charge in [-0.2, -0.15) is 9.97 Å². The van der Waals surface area contributed by atoms with Crippen LogP contribution in [0, 0.1) is 18.2 Å². The molecule has 3 aromatic rings. The predicted molar refractivity (Wildman–Crippen MR) is 197 cm³/mol. The number of likely N-dealkylation sites (N-methyl/N-ethyl adjacent to an activating group) is 1. The number of hydrogen-bond donors (Lipinski definition) is 2. The molecular formula is C40H48F2N6O4. The van der Waals surface area contributed by atoms with Gasteiger partial charge in [-0.1, -0.05) is 31.4 Å². The summed E-state index contributed by atoms with van der Waals surface area (Å²) in [6, 6.07) is 6.51. The standard InChI is InChI=1S/C40H48F2N6O4/c1-5-30-32(42)10-9-26-19-29(49)20-34(36(26)30)47-16-11-31-33(23-47)44-38(45-37(31)43-24-40(14-7-8-15-40)46(4)35(50)6-2)52-25-39(3)21-27(41)22-48(39)28-12-17-51-18-13-28/h1,6,9-10,19-20,27-28,49H,2,7-8,11-18,21-25H2,3-4H3,(H,43,44,45)/t27-,39+/m1/s1. The molecule has 2 saturated heterocycles. The second-order valence-electron chi connectivity index (χ2n) is 15.1. The average Bonchev–Trinajstić information content (AvgIpc) is 3.76. The molecule has 0 unspecified atom stereocenters. The third-order valence-corrected chi connectivity index (χ3v) is 11.8. The normalized spacial score (nSPS) is 23.3. The molecule has 4 heterocycles. The Morgan fingerprint density at radius 2 is 2.04 bits per heavy atom. The maximum Gasteiger partial charge on any atom is 0.318 e. The first-order valence-corrected chi connectivity index (χ1v) is 18.4. The van der Waals surface area contributed by atoms with Crippen molar-refractivity contribution in [2.24, 2.45) is 0 Å². The highest BCUT2D eigenvalue weighted by Gasteiger charge is 2.47. The van der Waals surface area contributed by atoms with Crippen molar-refractivity contribution in [1.82, 2.24) is 19.8 Å². The van der Waals surface area contributed by atoms with Crippen molar-refractivity contribution in [3.63, 3.8) is 0 Å². The molecule has 0 bridgehead atoms. The molecule has 10 nitrogen and oxygen atoms in total. The zero-order chi connectivity index (χ0) is 36.6. The molecule has 0 radical (unpaired) electrons. The number of fused-ring (bicyclic) bond motifs is 2. The van der Waals surface area contributed by atoms with Crippen LogP contribution in [0.1, 0.15) is 68.7 Å². The number of nitrogens with zero attached hydrogens (tertiary/aromatic N) is 5. The molecular weight excluding hydrogens is 666 g/mol. The third kappa shape index (κ3) is 6.76. The number of anilines is 2. The van der Waals surface area contributed by atoms with Crippen LogP contribution in [-0.2, 0) is 22.5 Å². The average molecular weight is 715 g/mol. The number of halogens is 2. The number of carbonyl (C=O) groups is 1. The molecule has 52 heavy (non-hydrogen) atoms. The number of phenolic OH excluding ortho intramolecular Hbond substituents is 1. The lowest BCUT2D eigenvalue weighted by molar-refractivity contribution is -0.129.